The molecule has 1 amide bonds. The van der Waals surface area contributed by atoms with Crippen molar-refractivity contribution in [2.24, 2.45) is 11.7 Å². The van der Waals surface area contributed by atoms with Crippen molar-refractivity contribution in [2.75, 3.05) is 26.4 Å². The summed E-state index contributed by atoms with van der Waals surface area (Å²) in [4.78, 5) is 11.7. The normalized spacial score (nSPS) is 13.4. The van der Waals surface area contributed by atoms with Crippen LogP contribution in [0, 0.1) is 5.92 Å². The maximum absolute atomic E-state index is 11.7. The molecule has 0 fully saturated rings. The number of carbonyl (C=O) groups is 1. The lowest BCUT2D eigenvalue weighted by Crippen LogP contribution is -2.57. The van der Waals surface area contributed by atoms with E-state index in [1.165, 1.54) is 0 Å². The van der Waals surface area contributed by atoms with E-state index in [2.05, 4.69) is 12.2 Å². The molecule has 0 saturated heterocycles. The Morgan fingerprint density at radius 3 is 2.17 bits per heavy atom. The van der Waals surface area contributed by atoms with Crippen molar-refractivity contribution in [3.05, 3.63) is 0 Å². The predicted octanol–water partition coefficient (Wildman–Crippen LogP) is -1.03. The highest BCUT2D eigenvalue weighted by atomic mass is 16.3. The van der Waals surface area contributed by atoms with Gasteiger partial charge in [0.1, 0.15) is 5.54 Å². The summed E-state index contributed by atoms with van der Waals surface area (Å²) in [6.07, 6.45) is 2.88. The van der Waals surface area contributed by atoms with E-state index in [1.54, 1.807) is 0 Å². The SMILES string of the molecule is CCC(CCN)CCC(=O)NC(CO)(CO)CO. The summed E-state index contributed by atoms with van der Waals surface area (Å²) in [6.45, 7) is 1.18. The van der Waals surface area contributed by atoms with E-state index >= 15 is 0 Å². The number of rotatable bonds is 10. The van der Waals surface area contributed by atoms with Gasteiger partial charge in [0.05, 0.1) is 19.8 Å². The molecule has 0 aliphatic carbocycles. The standard InChI is InChI=1S/C12H26N2O4/c1-2-10(5-6-13)3-4-11(18)14-12(7-15,8-16)9-17/h10,15-17H,2-9,13H2,1H3,(H,14,18). The van der Waals surface area contributed by atoms with Gasteiger partial charge in [0.2, 0.25) is 5.91 Å². The fraction of sp³-hybridized carbons (Fsp3) is 0.917. The highest BCUT2D eigenvalue weighted by molar-refractivity contribution is 5.76. The van der Waals surface area contributed by atoms with E-state index in [9.17, 15) is 4.79 Å². The van der Waals surface area contributed by atoms with Crippen molar-refractivity contribution >= 4 is 5.91 Å². The molecule has 0 aromatic carbocycles. The summed E-state index contributed by atoms with van der Waals surface area (Å²) in [5, 5.41) is 29.7. The monoisotopic (exact) mass is 262 g/mol. The number of aliphatic hydroxyl groups is 3. The molecule has 1 unspecified atom stereocenters. The van der Waals surface area contributed by atoms with Gasteiger partial charge in [-0.05, 0) is 25.3 Å². The molecule has 0 aromatic rings. The maximum Gasteiger partial charge on any atom is 0.220 e. The Labute approximate surface area is 108 Å². The van der Waals surface area contributed by atoms with Crippen LogP contribution in [0.1, 0.15) is 32.6 Å². The van der Waals surface area contributed by atoms with Crippen LogP contribution in [-0.2, 0) is 4.79 Å². The first-order valence-corrected chi connectivity index (χ1v) is 6.41. The highest BCUT2D eigenvalue weighted by Crippen LogP contribution is 2.14. The van der Waals surface area contributed by atoms with Gasteiger partial charge in [-0.2, -0.15) is 0 Å². The quantitative estimate of drug-likeness (QED) is 0.345. The van der Waals surface area contributed by atoms with E-state index < -0.39 is 25.4 Å². The number of nitrogens with two attached hydrogens (primary N) is 1. The van der Waals surface area contributed by atoms with Gasteiger partial charge < -0.3 is 26.4 Å². The van der Waals surface area contributed by atoms with Crippen molar-refractivity contribution in [1.82, 2.24) is 5.32 Å². The first-order chi connectivity index (χ1) is 8.57. The van der Waals surface area contributed by atoms with Gasteiger partial charge in [0.15, 0.2) is 0 Å². The molecule has 0 rings (SSSR count). The molecular weight excluding hydrogens is 236 g/mol. The zero-order valence-electron chi connectivity index (χ0n) is 11.1. The Morgan fingerprint density at radius 1 is 1.22 bits per heavy atom. The maximum atomic E-state index is 11.7. The number of amides is 1. The van der Waals surface area contributed by atoms with E-state index in [1.807, 2.05) is 0 Å². The number of hydrogen-bond donors (Lipinski definition) is 5. The fourth-order valence-corrected chi connectivity index (χ4v) is 1.75. The minimum Gasteiger partial charge on any atom is -0.394 e. The van der Waals surface area contributed by atoms with Crippen LogP contribution < -0.4 is 11.1 Å². The summed E-state index contributed by atoms with van der Waals surface area (Å²) in [5.74, 6) is 0.134. The molecule has 6 heteroatoms. The van der Waals surface area contributed by atoms with E-state index in [4.69, 9.17) is 21.1 Å². The molecule has 108 valence electrons. The Bertz CT molecular complexity index is 224. The van der Waals surface area contributed by atoms with Crippen molar-refractivity contribution in [1.29, 1.82) is 0 Å². The van der Waals surface area contributed by atoms with Crippen molar-refractivity contribution in [3.8, 4) is 0 Å². The van der Waals surface area contributed by atoms with E-state index in [0.29, 0.717) is 18.9 Å². The smallest absolute Gasteiger partial charge is 0.220 e. The lowest BCUT2D eigenvalue weighted by molar-refractivity contribution is -0.125. The fourth-order valence-electron chi connectivity index (χ4n) is 1.75. The molecule has 0 bridgehead atoms. The summed E-state index contributed by atoms with van der Waals surface area (Å²) in [6, 6.07) is 0. The third-order valence-corrected chi connectivity index (χ3v) is 3.24. The molecule has 0 heterocycles. The third kappa shape index (κ3) is 5.77. The first kappa shape index (κ1) is 17.3. The lowest BCUT2D eigenvalue weighted by Gasteiger charge is -2.29. The highest BCUT2D eigenvalue weighted by Gasteiger charge is 2.29. The second-order valence-corrected chi connectivity index (χ2v) is 4.69. The molecule has 0 aliphatic heterocycles. The number of carbonyl (C=O) groups excluding carboxylic acids is 1. The van der Waals surface area contributed by atoms with Crippen LogP contribution in [-0.4, -0.2) is 53.1 Å². The first-order valence-electron chi connectivity index (χ1n) is 6.41. The third-order valence-electron chi connectivity index (χ3n) is 3.24. The summed E-state index contributed by atoms with van der Waals surface area (Å²) in [5.41, 5.74) is 4.15. The van der Waals surface area contributed by atoms with Crippen LogP contribution in [0.5, 0.6) is 0 Å². The minimum atomic E-state index is -1.33. The van der Waals surface area contributed by atoms with Gasteiger partial charge in [-0.1, -0.05) is 13.3 Å². The summed E-state index contributed by atoms with van der Waals surface area (Å²) in [7, 11) is 0. The van der Waals surface area contributed by atoms with E-state index in [0.717, 1.165) is 19.3 Å². The van der Waals surface area contributed by atoms with Gasteiger partial charge in [0.25, 0.3) is 0 Å². The number of hydrogen-bond acceptors (Lipinski definition) is 5. The number of aliphatic hydroxyl groups excluding tert-OH is 3. The number of nitrogens with one attached hydrogen (secondary N) is 1. The Morgan fingerprint density at radius 2 is 1.78 bits per heavy atom. The molecule has 0 aromatic heterocycles. The second kappa shape index (κ2) is 9.27. The predicted molar refractivity (Wildman–Crippen MR) is 68.8 cm³/mol. The molecule has 0 saturated carbocycles. The summed E-state index contributed by atoms with van der Waals surface area (Å²) < 4.78 is 0. The van der Waals surface area contributed by atoms with Crippen LogP contribution in [0.4, 0.5) is 0 Å². The van der Waals surface area contributed by atoms with Crippen LogP contribution in [0.3, 0.4) is 0 Å². The van der Waals surface area contributed by atoms with Crippen molar-refractivity contribution in [3.63, 3.8) is 0 Å². The van der Waals surface area contributed by atoms with Gasteiger partial charge >= 0.3 is 0 Å². The molecule has 0 aliphatic rings. The topological polar surface area (TPSA) is 116 Å². The van der Waals surface area contributed by atoms with Gasteiger partial charge in [-0.25, -0.2) is 0 Å². The lowest BCUT2D eigenvalue weighted by atomic mass is 9.96. The van der Waals surface area contributed by atoms with Crippen LogP contribution in [0.25, 0.3) is 0 Å². The molecule has 18 heavy (non-hydrogen) atoms. The average Bonchev–Trinajstić information content (AvgIpc) is 2.41. The molecule has 6 nitrogen and oxygen atoms in total. The average molecular weight is 262 g/mol. The molecule has 0 spiro atoms. The van der Waals surface area contributed by atoms with Gasteiger partial charge in [0, 0.05) is 6.42 Å². The van der Waals surface area contributed by atoms with Crippen molar-refractivity contribution in [2.45, 2.75) is 38.1 Å². The molecular formula is C12H26N2O4. The molecule has 6 N–H and O–H groups in total. The Kier molecular flexibility index (Phi) is 8.91. The Hall–Kier alpha value is -0.690. The van der Waals surface area contributed by atoms with Gasteiger partial charge in [-0.3, -0.25) is 4.79 Å². The van der Waals surface area contributed by atoms with Crippen LogP contribution >= 0.6 is 0 Å². The van der Waals surface area contributed by atoms with Gasteiger partial charge in [-0.15, -0.1) is 0 Å². The van der Waals surface area contributed by atoms with Crippen LogP contribution in [0.2, 0.25) is 0 Å². The largest absolute Gasteiger partial charge is 0.394 e. The van der Waals surface area contributed by atoms with Crippen molar-refractivity contribution < 1.29 is 20.1 Å². The van der Waals surface area contributed by atoms with E-state index in [-0.39, 0.29) is 5.91 Å². The minimum absolute atomic E-state index is 0.275. The summed E-state index contributed by atoms with van der Waals surface area (Å²) >= 11 is 0. The zero-order chi connectivity index (χ0) is 14.0. The zero-order valence-corrected chi connectivity index (χ0v) is 11.1. The molecule has 0 radical (unpaired) electrons. The Balaban J connectivity index is 4.16. The van der Waals surface area contributed by atoms with Crippen LogP contribution in [0.15, 0.2) is 0 Å². The molecule has 1 atom stereocenters. The second-order valence-electron chi connectivity index (χ2n) is 4.69.